The van der Waals surface area contributed by atoms with E-state index in [9.17, 15) is 9.59 Å². The average molecular weight is 418 g/mol. The normalized spacial score (nSPS) is 21.0. The van der Waals surface area contributed by atoms with Crippen LogP contribution in [-0.2, 0) is 4.74 Å². The highest BCUT2D eigenvalue weighted by molar-refractivity contribution is 5.99. The van der Waals surface area contributed by atoms with E-state index in [0.717, 1.165) is 43.6 Å². The van der Waals surface area contributed by atoms with Gasteiger partial charge in [-0.15, -0.1) is 0 Å². The monoisotopic (exact) mass is 418 g/mol. The lowest BCUT2D eigenvalue weighted by Crippen LogP contribution is -2.32. The van der Waals surface area contributed by atoms with E-state index in [1.165, 1.54) is 0 Å². The summed E-state index contributed by atoms with van der Waals surface area (Å²) in [5.41, 5.74) is 1.82. The molecule has 0 bridgehead atoms. The molecule has 2 fully saturated rings. The summed E-state index contributed by atoms with van der Waals surface area (Å²) in [6.07, 6.45) is 5.72. The summed E-state index contributed by atoms with van der Waals surface area (Å²) >= 11 is 0. The summed E-state index contributed by atoms with van der Waals surface area (Å²) in [5.74, 6) is 0.532. The Balaban J connectivity index is 1.44. The molecule has 2 aliphatic rings. The van der Waals surface area contributed by atoms with Crippen molar-refractivity contribution in [2.75, 3.05) is 19.7 Å². The van der Waals surface area contributed by atoms with Gasteiger partial charge in [0.2, 0.25) is 0 Å². The van der Waals surface area contributed by atoms with Crippen LogP contribution in [0, 0.1) is 0 Å². The minimum atomic E-state index is -0.204. The number of aromatic nitrogens is 2. The van der Waals surface area contributed by atoms with Gasteiger partial charge in [-0.25, -0.2) is 4.98 Å². The number of nitrogens with one attached hydrogen (secondary N) is 1. The van der Waals surface area contributed by atoms with Crippen molar-refractivity contribution in [3.63, 3.8) is 0 Å². The quantitative estimate of drug-likeness (QED) is 0.690. The first-order valence-electron chi connectivity index (χ1n) is 10.9. The minimum Gasteiger partial charge on any atom is -0.376 e. The summed E-state index contributed by atoms with van der Waals surface area (Å²) in [6, 6.07) is 14.9. The molecule has 2 aromatic heterocycles. The predicted octanol–water partition coefficient (Wildman–Crippen LogP) is 3.22. The second kappa shape index (κ2) is 8.51. The number of rotatable bonds is 5. The molecule has 1 N–H and O–H groups in total. The Morgan fingerprint density at radius 2 is 1.90 bits per heavy atom. The molecule has 31 heavy (non-hydrogen) atoms. The van der Waals surface area contributed by atoms with E-state index in [2.05, 4.69) is 5.32 Å². The Kier molecular flexibility index (Phi) is 5.42. The van der Waals surface area contributed by atoms with E-state index in [4.69, 9.17) is 9.72 Å². The van der Waals surface area contributed by atoms with Crippen molar-refractivity contribution in [2.45, 2.75) is 37.8 Å². The van der Waals surface area contributed by atoms with Gasteiger partial charge in [0.25, 0.3) is 11.8 Å². The van der Waals surface area contributed by atoms with E-state index >= 15 is 0 Å². The standard InChI is InChI=1S/C24H26N4O3/c29-23(25-16-18-10-7-15-31-18)21-19-11-4-5-13-27(19)22(26-21)20-12-6-14-28(20)24(30)17-8-2-1-3-9-17/h1-5,8-9,11,13,18,20H,6-7,10,12,14-16H2,(H,25,29)/t18-,20-/m0/s1. The SMILES string of the molecule is O=C(NC[C@@H]1CCCO1)c1nc([C@@H]2CCCN2C(=O)c2ccccc2)n2ccccc12. The Bertz CT molecular complexity index is 1090. The van der Waals surface area contributed by atoms with Crippen LogP contribution in [0.3, 0.4) is 0 Å². The van der Waals surface area contributed by atoms with Crippen LogP contribution in [0.25, 0.3) is 5.52 Å². The van der Waals surface area contributed by atoms with Gasteiger partial charge in [0.05, 0.1) is 17.7 Å². The number of imidazole rings is 1. The molecular weight excluding hydrogens is 392 g/mol. The number of fused-ring (bicyclic) bond motifs is 1. The lowest BCUT2D eigenvalue weighted by atomic mass is 10.1. The third-order valence-corrected chi connectivity index (χ3v) is 6.14. The first kappa shape index (κ1) is 19.8. The van der Waals surface area contributed by atoms with Crippen molar-refractivity contribution in [1.29, 1.82) is 0 Å². The van der Waals surface area contributed by atoms with E-state index in [1.807, 2.05) is 64.0 Å². The van der Waals surface area contributed by atoms with Gasteiger partial charge in [-0.05, 0) is 49.9 Å². The molecule has 0 saturated carbocycles. The lowest BCUT2D eigenvalue weighted by Gasteiger charge is -2.24. The van der Waals surface area contributed by atoms with Crippen LogP contribution in [-0.4, -0.2) is 51.9 Å². The molecule has 0 unspecified atom stereocenters. The second-order valence-corrected chi connectivity index (χ2v) is 8.14. The number of likely N-dealkylation sites (tertiary alicyclic amines) is 1. The van der Waals surface area contributed by atoms with E-state index < -0.39 is 0 Å². The first-order chi connectivity index (χ1) is 15.2. The zero-order valence-electron chi connectivity index (χ0n) is 17.4. The van der Waals surface area contributed by atoms with Crippen molar-refractivity contribution < 1.29 is 14.3 Å². The maximum absolute atomic E-state index is 13.2. The van der Waals surface area contributed by atoms with E-state index in [0.29, 0.717) is 24.3 Å². The largest absolute Gasteiger partial charge is 0.376 e. The second-order valence-electron chi connectivity index (χ2n) is 8.14. The molecule has 0 radical (unpaired) electrons. The molecule has 2 aliphatic heterocycles. The predicted molar refractivity (Wildman–Crippen MR) is 116 cm³/mol. The number of hydrogen-bond donors (Lipinski definition) is 1. The fourth-order valence-corrected chi connectivity index (χ4v) is 4.58. The maximum atomic E-state index is 13.2. The van der Waals surface area contributed by atoms with Gasteiger partial charge in [-0.1, -0.05) is 24.3 Å². The molecule has 1 aromatic carbocycles. The number of carbonyl (C=O) groups is 2. The highest BCUT2D eigenvalue weighted by Crippen LogP contribution is 2.33. The number of nitrogens with zero attached hydrogens (tertiary/aromatic N) is 3. The summed E-state index contributed by atoms with van der Waals surface area (Å²) < 4.78 is 7.56. The summed E-state index contributed by atoms with van der Waals surface area (Å²) in [5, 5.41) is 2.98. The average Bonchev–Trinajstić information content (AvgIpc) is 3.57. The van der Waals surface area contributed by atoms with Crippen LogP contribution in [0.2, 0.25) is 0 Å². The maximum Gasteiger partial charge on any atom is 0.272 e. The van der Waals surface area contributed by atoms with Crippen molar-refractivity contribution in [3.05, 3.63) is 71.8 Å². The molecular formula is C24H26N4O3. The summed E-state index contributed by atoms with van der Waals surface area (Å²) in [6.45, 7) is 1.92. The molecule has 2 saturated heterocycles. The van der Waals surface area contributed by atoms with Crippen LogP contribution < -0.4 is 5.32 Å². The number of carbonyl (C=O) groups excluding carboxylic acids is 2. The van der Waals surface area contributed by atoms with Gasteiger partial charge in [0, 0.05) is 31.5 Å². The van der Waals surface area contributed by atoms with Crippen LogP contribution in [0.5, 0.6) is 0 Å². The molecule has 160 valence electrons. The van der Waals surface area contributed by atoms with Crippen molar-refractivity contribution in [3.8, 4) is 0 Å². The van der Waals surface area contributed by atoms with E-state index in [-0.39, 0.29) is 24.0 Å². The smallest absolute Gasteiger partial charge is 0.272 e. The van der Waals surface area contributed by atoms with Crippen molar-refractivity contribution in [1.82, 2.24) is 19.6 Å². The number of hydrogen-bond acceptors (Lipinski definition) is 4. The third kappa shape index (κ3) is 3.81. The molecule has 2 amide bonds. The van der Waals surface area contributed by atoms with Crippen LogP contribution in [0.15, 0.2) is 54.7 Å². The summed E-state index contributed by atoms with van der Waals surface area (Å²) in [4.78, 5) is 32.7. The number of benzene rings is 1. The zero-order valence-corrected chi connectivity index (χ0v) is 17.4. The molecule has 7 nitrogen and oxygen atoms in total. The van der Waals surface area contributed by atoms with Gasteiger partial charge >= 0.3 is 0 Å². The van der Waals surface area contributed by atoms with Gasteiger partial charge in [-0.3, -0.25) is 9.59 Å². The van der Waals surface area contributed by atoms with Crippen LogP contribution in [0.1, 0.15) is 58.4 Å². The van der Waals surface area contributed by atoms with Gasteiger partial charge in [0.1, 0.15) is 5.82 Å². The van der Waals surface area contributed by atoms with Gasteiger partial charge < -0.3 is 19.4 Å². The van der Waals surface area contributed by atoms with Crippen molar-refractivity contribution in [2.24, 2.45) is 0 Å². The summed E-state index contributed by atoms with van der Waals surface area (Å²) in [7, 11) is 0. The minimum absolute atomic E-state index is 0.000153. The lowest BCUT2D eigenvalue weighted by molar-refractivity contribution is 0.0729. The number of ether oxygens (including phenoxy) is 1. The van der Waals surface area contributed by atoms with Crippen LogP contribution in [0.4, 0.5) is 0 Å². The molecule has 0 spiro atoms. The first-order valence-corrected chi connectivity index (χ1v) is 10.9. The van der Waals surface area contributed by atoms with Crippen LogP contribution >= 0.6 is 0 Å². The number of pyridine rings is 1. The highest BCUT2D eigenvalue weighted by atomic mass is 16.5. The highest BCUT2D eigenvalue weighted by Gasteiger charge is 2.34. The fraction of sp³-hybridized carbons (Fsp3) is 0.375. The Morgan fingerprint density at radius 3 is 2.71 bits per heavy atom. The molecule has 7 heteroatoms. The van der Waals surface area contributed by atoms with E-state index in [1.54, 1.807) is 0 Å². The zero-order chi connectivity index (χ0) is 21.2. The Labute approximate surface area is 181 Å². The van der Waals surface area contributed by atoms with Crippen molar-refractivity contribution >= 4 is 17.3 Å². The third-order valence-electron chi connectivity index (χ3n) is 6.14. The van der Waals surface area contributed by atoms with Gasteiger partial charge in [0.15, 0.2) is 5.69 Å². The Hall–Kier alpha value is -3.19. The topological polar surface area (TPSA) is 75.9 Å². The molecule has 4 heterocycles. The molecule has 5 rings (SSSR count). The number of amides is 2. The molecule has 3 aromatic rings. The van der Waals surface area contributed by atoms with Gasteiger partial charge in [-0.2, -0.15) is 0 Å². The fourth-order valence-electron chi connectivity index (χ4n) is 4.58. The molecule has 2 atom stereocenters. The Morgan fingerprint density at radius 1 is 1.06 bits per heavy atom. The molecule has 0 aliphatic carbocycles.